The Labute approximate surface area is 189 Å². The number of Topliss-reactive ketones (excluding diaryl/α,β-unsaturated/α-hetero) is 1. The molecule has 0 heterocycles. The highest BCUT2D eigenvalue weighted by atomic mass is 32.2. The van der Waals surface area contributed by atoms with E-state index in [4.69, 9.17) is 4.74 Å². The molecule has 2 aromatic rings. The van der Waals surface area contributed by atoms with Crippen LogP contribution in [0.1, 0.15) is 59.5 Å². The largest absolute Gasteiger partial charge is 0.507 e. The lowest BCUT2D eigenvalue weighted by Gasteiger charge is -2.24. The quantitative estimate of drug-likeness (QED) is 0.589. The van der Waals surface area contributed by atoms with Crippen molar-refractivity contribution in [2.75, 3.05) is 12.4 Å². The number of carbonyl (C=O) groups is 2. The number of halogens is 3. The summed E-state index contributed by atoms with van der Waals surface area (Å²) in [4.78, 5) is 24.1. The van der Waals surface area contributed by atoms with Gasteiger partial charge >= 0.3 is 5.51 Å². The molecule has 0 aliphatic rings. The molecule has 0 saturated carbocycles. The van der Waals surface area contributed by atoms with E-state index in [2.05, 4.69) is 5.32 Å². The Morgan fingerprint density at radius 3 is 2.12 bits per heavy atom. The van der Waals surface area contributed by atoms with Gasteiger partial charge in [0.05, 0.1) is 23.3 Å². The minimum atomic E-state index is -5.63. The first-order chi connectivity index (χ1) is 14.9. The first kappa shape index (κ1) is 26.2. The van der Waals surface area contributed by atoms with Crippen LogP contribution in [0.25, 0.3) is 0 Å². The van der Waals surface area contributed by atoms with Crippen LogP contribution >= 0.6 is 0 Å². The number of phenols is 1. The summed E-state index contributed by atoms with van der Waals surface area (Å²) in [6, 6.07) is 3.78. The number of hydrogen-bond donors (Lipinski definition) is 2. The lowest BCUT2D eigenvalue weighted by Crippen LogP contribution is -2.23. The maximum atomic E-state index is 13.1. The number of methoxy groups -OCH3 is 1. The minimum Gasteiger partial charge on any atom is -0.507 e. The molecule has 2 rings (SSSR count). The van der Waals surface area contributed by atoms with E-state index in [0.29, 0.717) is 17.7 Å². The lowest BCUT2D eigenvalue weighted by molar-refractivity contribution is -0.0436. The average Bonchev–Trinajstić information content (AvgIpc) is 2.65. The van der Waals surface area contributed by atoms with Crippen molar-refractivity contribution in [3.8, 4) is 11.5 Å². The molecule has 0 aromatic heterocycles. The fourth-order valence-electron chi connectivity index (χ4n) is 3.24. The molecule has 0 unspecified atom stereocenters. The highest BCUT2D eigenvalue weighted by Gasteiger charge is 2.47. The predicted octanol–water partition coefficient (Wildman–Crippen LogP) is 4.76. The van der Waals surface area contributed by atoms with Gasteiger partial charge in [-0.1, -0.05) is 20.8 Å². The summed E-state index contributed by atoms with van der Waals surface area (Å²) in [7, 11) is -4.54. The SMILES string of the molecule is COc1cc(S(=O)(=O)C(F)(F)F)ccc1NC(=O)c1c(C)c(C(C)=O)cc(C(C)(C)C)c1O. The molecule has 1 amide bonds. The van der Waals surface area contributed by atoms with E-state index in [-0.39, 0.29) is 39.7 Å². The summed E-state index contributed by atoms with van der Waals surface area (Å²) in [5.74, 6) is -1.88. The van der Waals surface area contributed by atoms with Crippen LogP contribution in [-0.2, 0) is 15.3 Å². The lowest BCUT2D eigenvalue weighted by atomic mass is 9.81. The summed E-state index contributed by atoms with van der Waals surface area (Å²) >= 11 is 0. The van der Waals surface area contributed by atoms with Crippen LogP contribution < -0.4 is 10.1 Å². The van der Waals surface area contributed by atoms with E-state index >= 15 is 0 Å². The second-order valence-electron chi connectivity index (χ2n) is 8.39. The van der Waals surface area contributed by atoms with E-state index < -0.39 is 31.6 Å². The molecule has 2 aromatic carbocycles. The number of carbonyl (C=O) groups excluding carboxylic acids is 2. The molecule has 0 atom stereocenters. The molecule has 0 aliphatic heterocycles. The summed E-state index contributed by atoms with van der Waals surface area (Å²) < 4.78 is 66.9. The summed E-state index contributed by atoms with van der Waals surface area (Å²) in [6.07, 6.45) is 0. The van der Waals surface area contributed by atoms with Crippen molar-refractivity contribution in [3.05, 3.63) is 46.5 Å². The van der Waals surface area contributed by atoms with Gasteiger partial charge in [-0.3, -0.25) is 9.59 Å². The van der Waals surface area contributed by atoms with Crippen molar-refractivity contribution in [2.24, 2.45) is 0 Å². The van der Waals surface area contributed by atoms with Gasteiger partial charge in [-0.25, -0.2) is 8.42 Å². The van der Waals surface area contributed by atoms with Crippen LogP contribution in [0.4, 0.5) is 18.9 Å². The molecule has 0 aliphatic carbocycles. The molecule has 2 N–H and O–H groups in total. The third-order valence-electron chi connectivity index (χ3n) is 5.01. The number of alkyl halides is 3. The Balaban J connectivity index is 2.61. The number of hydrogen-bond acceptors (Lipinski definition) is 6. The Hall–Kier alpha value is -3.08. The average molecular weight is 487 g/mol. The van der Waals surface area contributed by atoms with Crippen molar-refractivity contribution < 1.29 is 41.0 Å². The smallest absolute Gasteiger partial charge is 0.501 e. The van der Waals surface area contributed by atoms with E-state index in [1.807, 2.05) is 0 Å². The number of amides is 1. The van der Waals surface area contributed by atoms with Gasteiger partial charge < -0.3 is 15.2 Å². The summed E-state index contributed by atoms with van der Waals surface area (Å²) in [5, 5.41) is 13.2. The number of rotatable bonds is 5. The van der Waals surface area contributed by atoms with Crippen LogP contribution in [0, 0.1) is 6.92 Å². The highest BCUT2D eigenvalue weighted by molar-refractivity contribution is 7.92. The summed E-state index contributed by atoms with van der Waals surface area (Å²) in [6.45, 7) is 8.15. The van der Waals surface area contributed by atoms with E-state index in [9.17, 15) is 36.3 Å². The molecule has 0 spiro atoms. The van der Waals surface area contributed by atoms with Crippen molar-refractivity contribution in [2.45, 2.75) is 50.4 Å². The zero-order chi connectivity index (χ0) is 25.5. The maximum Gasteiger partial charge on any atom is 0.501 e. The minimum absolute atomic E-state index is 0.132. The summed E-state index contributed by atoms with van der Waals surface area (Å²) in [5.41, 5.74) is -5.68. The van der Waals surface area contributed by atoms with E-state index in [1.54, 1.807) is 20.8 Å². The Kier molecular flexibility index (Phi) is 6.90. The van der Waals surface area contributed by atoms with Crippen LogP contribution in [-0.4, -0.2) is 37.8 Å². The third-order valence-corrected chi connectivity index (χ3v) is 6.49. The van der Waals surface area contributed by atoms with Crippen LogP contribution in [0.15, 0.2) is 29.2 Å². The normalized spacial score (nSPS) is 12.4. The highest BCUT2D eigenvalue weighted by Crippen LogP contribution is 2.39. The van der Waals surface area contributed by atoms with Gasteiger partial charge in [0, 0.05) is 17.2 Å². The predicted molar refractivity (Wildman–Crippen MR) is 116 cm³/mol. The van der Waals surface area contributed by atoms with Crippen LogP contribution in [0.3, 0.4) is 0 Å². The molecule has 11 heteroatoms. The zero-order valence-electron chi connectivity index (χ0n) is 18.8. The Morgan fingerprint density at radius 2 is 1.67 bits per heavy atom. The number of anilines is 1. The molecule has 0 radical (unpaired) electrons. The standard InChI is InChI=1S/C22H24F3NO6S/c1-11-14(12(2)27)10-15(21(3,4)5)19(28)18(11)20(29)26-16-8-7-13(9-17(16)32-6)33(30,31)22(23,24)25/h7-10,28H,1-6H3,(H,26,29). The Morgan fingerprint density at radius 1 is 1.09 bits per heavy atom. The first-order valence-corrected chi connectivity index (χ1v) is 11.1. The van der Waals surface area contributed by atoms with Crippen molar-refractivity contribution >= 4 is 27.2 Å². The monoisotopic (exact) mass is 487 g/mol. The van der Waals surface area contributed by atoms with E-state index in [0.717, 1.165) is 13.2 Å². The third kappa shape index (κ3) is 4.97. The van der Waals surface area contributed by atoms with Gasteiger partial charge in [0.1, 0.15) is 11.5 Å². The number of aromatic hydroxyl groups is 1. The van der Waals surface area contributed by atoms with Crippen LogP contribution in [0.2, 0.25) is 0 Å². The number of ether oxygens (including phenoxy) is 1. The van der Waals surface area contributed by atoms with Crippen molar-refractivity contribution in [3.63, 3.8) is 0 Å². The number of sulfone groups is 1. The topological polar surface area (TPSA) is 110 Å². The number of benzene rings is 2. The fraction of sp³-hybridized carbons (Fsp3) is 0.364. The van der Waals surface area contributed by atoms with Gasteiger partial charge in [-0.15, -0.1) is 0 Å². The molecule has 33 heavy (non-hydrogen) atoms. The Bertz CT molecular complexity index is 1230. The molecule has 0 saturated heterocycles. The van der Waals surface area contributed by atoms with Crippen LogP contribution in [0.5, 0.6) is 11.5 Å². The maximum absolute atomic E-state index is 13.1. The second kappa shape index (κ2) is 8.69. The molecule has 0 bridgehead atoms. The molecular formula is C22H24F3NO6S. The van der Waals surface area contributed by atoms with Gasteiger partial charge in [0.25, 0.3) is 15.7 Å². The van der Waals surface area contributed by atoms with E-state index in [1.165, 1.54) is 19.9 Å². The molecule has 180 valence electrons. The van der Waals surface area contributed by atoms with Gasteiger partial charge in [0.2, 0.25) is 0 Å². The molecular weight excluding hydrogens is 463 g/mol. The van der Waals surface area contributed by atoms with Gasteiger partial charge in [-0.2, -0.15) is 13.2 Å². The zero-order valence-corrected chi connectivity index (χ0v) is 19.7. The number of phenolic OH excluding ortho intramolecular Hbond substituents is 1. The fourth-order valence-corrected chi connectivity index (χ4v) is 4.02. The first-order valence-electron chi connectivity index (χ1n) is 9.62. The van der Waals surface area contributed by atoms with Crippen molar-refractivity contribution in [1.82, 2.24) is 0 Å². The molecule has 7 nitrogen and oxygen atoms in total. The van der Waals surface area contributed by atoms with Crippen molar-refractivity contribution in [1.29, 1.82) is 0 Å². The number of ketones is 1. The molecule has 0 fully saturated rings. The van der Waals surface area contributed by atoms with Gasteiger partial charge in [-0.05, 0) is 43.0 Å². The second-order valence-corrected chi connectivity index (χ2v) is 10.3. The van der Waals surface area contributed by atoms with Gasteiger partial charge in [0.15, 0.2) is 5.78 Å². The number of nitrogens with one attached hydrogen (secondary N) is 1.